The standard InChI is InChI=1S/C16H17N3O/c1-11-8-14(12-6-5-7-13(9-12)20-4)15(10-17)16(18-11)19(2)3/h5-9H,1-4H3. The number of methoxy groups -OCH3 is 1. The molecule has 1 heterocycles. The monoisotopic (exact) mass is 267 g/mol. The fourth-order valence-electron chi connectivity index (χ4n) is 2.11. The lowest BCUT2D eigenvalue weighted by Crippen LogP contribution is -2.13. The SMILES string of the molecule is COc1cccc(-c2cc(C)nc(N(C)C)c2C#N)c1. The first kappa shape index (κ1) is 13.9. The number of benzene rings is 1. The van der Waals surface area contributed by atoms with E-state index < -0.39 is 0 Å². The van der Waals surface area contributed by atoms with Gasteiger partial charge in [-0.3, -0.25) is 0 Å². The van der Waals surface area contributed by atoms with Crippen LogP contribution in [0.25, 0.3) is 11.1 Å². The summed E-state index contributed by atoms with van der Waals surface area (Å²) < 4.78 is 5.25. The molecule has 0 atom stereocenters. The van der Waals surface area contributed by atoms with Crippen LogP contribution in [0.5, 0.6) is 5.75 Å². The van der Waals surface area contributed by atoms with Gasteiger partial charge in [-0.15, -0.1) is 0 Å². The topological polar surface area (TPSA) is 49.1 Å². The van der Waals surface area contributed by atoms with Crippen LogP contribution in [0.3, 0.4) is 0 Å². The zero-order chi connectivity index (χ0) is 14.7. The van der Waals surface area contributed by atoms with Crippen molar-refractivity contribution in [2.24, 2.45) is 0 Å². The number of pyridine rings is 1. The van der Waals surface area contributed by atoms with E-state index in [0.29, 0.717) is 11.4 Å². The van der Waals surface area contributed by atoms with Gasteiger partial charge in [-0.25, -0.2) is 4.98 Å². The van der Waals surface area contributed by atoms with E-state index >= 15 is 0 Å². The molecule has 20 heavy (non-hydrogen) atoms. The molecule has 0 N–H and O–H groups in total. The highest BCUT2D eigenvalue weighted by Crippen LogP contribution is 2.31. The Morgan fingerprint density at radius 1 is 1.25 bits per heavy atom. The predicted molar refractivity (Wildman–Crippen MR) is 80.0 cm³/mol. The van der Waals surface area contributed by atoms with Crippen LogP contribution >= 0.6 is 0 Å². The van der Waals surface area contributed by atoms with Gasteiger partial charge in [0.1, 0.15) is 23.2 Å². The van der Waals surface area contributed by atoms with Gasteiger partial charge in [0, 0.05) is 25.4 Å². The Bertz CT molecular complexity index is 672. The molecule has 1 aromatic heterocycles. The van der Waals surface area contributed by atoms with Crippen molar-refractivity contribution in [2.45, 2.75) is 6.92 Å². The van der Waals surface area contributed by atoms with Gasteiger partial charge < -0.3 is 9.64 Å². The lowest BCUT2D eigenvalue weighted by Gasteiger charge is -2.17. The summed E-state index contributed by atoms with van der Waals surface area (Å²) in [5, 5.41) is 9.48. The van der Waals surface area contributed by atoms with Crippen LogP contribution in [0.15, 0.2) is 30.3 Å². The highest BCUT2D eigenvalue weighted by atomic mass is 16.5. The minimum absolute atomic E-state index is 0.578. The molecule has 1 aromatic carbocycles. The van der Waals surface area contributed by atoms with Crippen molar-refractivity contribution in [1.82, 2.24) is 4.98 Å². The van der Waals surface area contributed by atoms with Gasteiger partial charge >= 0.3 is 0 Å². The molecule has 4 nitrogen and oxygen atoms in total. The highest BCUT2D eigenvalue weighted by Gasteiger charge is 2.14. The van der Waals surface area contributed by atoms with Crippen LogP contribution in [0.2, 0.25) is 0 Å². The zero-order valence-electron chi connectivity index (χ0n) is 12.1. The third kappa shape index (κ3) is 2.57. The molecule has 0 aliphatic heterocycles. The molecule has 102 valence electrons. The Balaban J connectivity index is 2.70. The molecule has 2 rings (SSSR count). The van der Waals surface area contributed by atoms with Crippen molar-refractivity contribution in [3.8, 4) is 22.9 Å². The highest BCUT2D eigenvalue weighted by molar-refractivity contribution is 5.77. The van der Waals surface area contributed by atoms with Gasteiger partial charge in [-0.05, 0) is 30.7 Å². The number of nitriles is 1. The molecule has 0 bridgehead atoms. The molecular weight excluding hydrogens is 250 g/mol. The van der Waals surface area contributed by atoms with Crippen LogP contribution in [-0.4, -0.2) is 26.2 Å². The Kier molecular flexibility index (Phi) is 3.90. The smallest absolute Gasteiger partial charge is 0.146 e. The Morgan fingerprint density at radius 3 is 2.60 bits per heavy atom. The van der Waals surface area contributed by atoms with Crippen molar-refractivity contribution in [3.63, 3.8) is 0 Å². The summed E-state index contributed by atoms with van der Waals surface area (Å²) >= 11 is 0. The van der Waals surface area contributed by atoms with Crippen LogP contribution in [0, 0.1) is 18.3 Å². The van der Waals surface area contributed by atoms with Crippen molar-refractivity contribution in [2.75, 3.05) is 26.1 Å². The number of anilines is 1. The Hall–Kier alpha value is -2.54. The minimum atomic E-state index is 0.578. The first-order valence-corrected chi connectivity index (χ1v) is 6.30. The summed E-state index contributed by atoms with van der Waals surface area (Å²) in [6, 6.07) is 11.9. The van der Waals surface area contributed by atoms with Gasteiger partial charge in [0.15, 0.2) is 0 Å². The first-order valence-electron chi connectivity index (χ1n) is 6.30. The molecule has 0 fully saturated rings. The summed E-state index contributed by atoms with van der Waals surface area (Å²) in [6.07, 6.45) is 0. The normalized spacial score (nSPS) is 9.95. The molecule has 0 aliphatic rings. The molecule has 0 radical (unpaired) electrons. The van der Waals surface area contributed by atoms with Gasteiger partial charge in [-0.2, -0.15) is 5.26 Å². The van der Waals surface area contributed by atoms with Gasteiger partial charge in [0.05, 0.1) is 7.11 Å². The number of nitrogens with zero attached hydrogens (tertiary/aromatic N) is 3. The third-order valence-corrected chi connectivity index (χ3v) is 3.04. The lowest BCUT2D eigenvalue weighted by atomic mass is 10.00. The fourth-order valence-corrected chi connectivity index (χ4v) is 2.11. The zero-order valence-corrected chi connectivity index (χ0v) is 12.1. The molecule has 0 unspecified atom stereocenters. The van der Waals surface area contributed by atoms with Gasteiger partial charge in [0.25, 0.3) is 0 Å². The largest absolute Gasteiger partial charge is 0.497 e. The van der Waals surface area contributed by atoms with Gasteiger partial charge in [0.2, 0.25) is 0 Å². The van der Waals surface area contributed by atoms with Crippen molar-refractivity contribution < 1.29 is 4.74 Å². The minimum Gasteiger partial charge on any atom is -0.497 e. The van der Waals surface area contributed by atoms with Crippen molar-refractivity contribution in [1.29, 1.82) is 5.26 Å². The first-order chi connectivity index (χ1) is 9.56. The predicted octanol–water partition coefficient (Wildman–Crippen LogP) is 3.00. The van der Waals surface area contributed by atoms with E-state index in [1.165, 1.54) is 0 Å². The third-order valence-electron chi connectivity index (χ3n) is 3.04. The summed E-state index contributed by atoms with van der Waals surface area (Å²) in [7, 11) is 5.41. The van der Waals surface area contributed by atoms with Crippen LogP contribution in [-0.2, 0) is 0 Å². The second-order valence-electron chi connectivity index (χ2n) is 4.75. The van der Waals surface area contributed by atoms with E-state index in [2.05, 4.69) is 11.1 Å². The molecule has 0 spiro atoms. The van der Waals surface area contributed by atoms with E-state index in [-0.39, 0.29) is 0 Å². The van der Waals surface area contributed by atoms with Crippen LogP contribution < -0.4 is 9.64 Å². The summed E-state index contributed by atoms with van der Waals surface area (Å²) in [5.41, 5.74) is 3.29. The quantitative estimate of drug-likeness (QED) is 0.857. The average Bonchev–Trinajstić information content (AvgIpc) is 2.46. The Morgan fingerprint density at radius 2 is 2.00 bits per heavy atom. The van der Waals surface area contributed by atoms with Crippen molar-refractivity contribution >= 4 is 5.82 Å². The molecule has 2 aromatic rings. The molecule has 0 saturated carbocycles. The number of aromatic nitrogens is 1. The summed E-state index contributed by atoms with van der Waals surface area (Å²) in [5.74, 6) is 1.46. The average molecular weight is 267 g/mol. The van der Waals surface area contributed by atoms with Crippen LogP contribution in [0.1, 0.15) is 11.3 Å². The van der Waals surface area contributed by atoms with E-state index in [0.717, 1.165) is 22.6 Å². The Labute approximate surface area is 119 Å². The second kappa shape index (κ2) is 5.62. The van der Waals surface area contributed by atoms with E-state index in [4.69, 9.17) is 4.74 Å². The maximum absolute atomic E-state index is 9.48. The molecular formula is C16H17N3O. The number of hydrogen-bond donors (Lipinski definition) is 0. The maximum Gasteiger partial charge on any atom is 0.146 e. The molecule has 0 aliphatic carbocycles. The fraction of sp³-hybridized carbons (Fsp3) is 0.250. The number of hydrogen-bond acceptors (Lipinski definition) is 4. The lowest BCUT2D eigenvalue weighted by molar-refractivity contribution is 0.415. The molecule has 0 saturated heterocycles. The maximum atomic E-state index is 9.48. The van der Waals surface area contributed by atoms with E-state index in [1.54, 1.807) is 7.11 Å². The second-order valence-corrected chi connectivity index (χ2v) is 4.75. The molecule has 0 amide bonds. The van der Waals surface area contributed by atoms with E-state index in [1.807, 2.05) is 56.3 Å². The molecule has 4 heteroatoms. The van der Waals surface area contributed by atoms with Crippen LogP contribution in [0.4, 0.5) is 5.82 Å². The van der Waals surface area contributed by atoms with E-state index in [9.17, 15) is 5.26 Å². The number of rotatable bonds is 3. The van der Waals surface area contributed by atoms with Crippen molar-refractivity contribution in [3.05, 3.63) is 41.6 Å². The number of aryl methyl sites for hydroxylation is 1. The summed E-state index contributed by atoms with van der Waals surface area (Å²) in [6.45, 7) is 1.93. The van der Waals surface area contributed by atoms with Gasteiger partial charge in [-0.1, -0.05) is 12.1 Å². The number of ether oxygens (including phenoxy) is 1. The summed E-state index contributed by atoms with van der Waals surface area (Å²) in [4.78, 5) is 6.30.